The van der Waals surface area contributed by atoms with Gasteiger partial charge in [0.25, 0.3) is 5.91 Å². The number of aromatic nitrogens is 1. The van der Waals surface area contributed by atoms with Crippen LogP contribution in [-0.4, -0.2) is 10.9 Å². The number of nitrogens with two attached hydrogens (primary N) is 1. The zero-order valence-corrected chi connectivity index (χ0v) is 11.6. The van der Waals surface area contributed by atoms with E-state index in [1.54, 1.807) is 24.5 Å². The Kier molecular flexibility index (Phi) is 4.32. The number of carbonyl (C=O) groups excluding carboxylic acids is 1. The van der Waals surface area contributed by atoms with Gasteiger partial charge in [0, 0.05) is 30.2 Å². The van der Waals surface area contributed by atoms with Crippen LogP contribution >= 0.6 is 0 Å². The van der Waals surface area contributed by atoms with Crippen LogP contribution in [0.5, 0.6) is 0 Å². The summed E-state index contributed by atoms with van der Waals surface area (Å²) in [5.41, 5.74) is 6.99. The van der Waals surface area contributed by atoms with Crippen LogP contribution in [0.15, 0.2) is 36.7 Å². The van der Waals surface area contributed by atoms with Gasteiger partial charge in [-0.25, -0.2) is 0 Å². The van der Waals surface area contributed by atoms with Gasteiger partial charge >= 0.3 is 0 Å². The number of hydrogen-bond donors (Lipinski definition) is 3. The van der Waals surface area contributed by atoms with Gasteiger partial charge in [0.1, 0.15) is 0 Å². The molecule has 0 spiro atoms. The first-order valence-corrected chi connectivity index (χ1v) is 6.37. The Morgan fingerprint density at radius 1 is 1.25 bits per heavy atom. The van der Waals surface area contributed by atoms with E-state index in [1.165, 1.54) is 0 Å². The number of rotatable bonds is 4. The van der Waals surface area contributed by atoms with Gasteiger partial charge in [-0.05, 0) is 54.8 Å². The SMILES string of the molecule is Cc1cnccc1CNC(=O)c1ccc(NN)cc1C. The standard InChI is InChI=1S/C15H18N4O/c1-10-7-13(19-16)3-4-14(10)15(20)18-9-12-5-6-17-8-11(12)2/h3-8,19H,9,16H2,1-2H3,(H,18,20). The second-order valence-corrected chi connectivity index (χ2v) is 4.66. The van der Waals surface area contributed by atoms with Gasteiger partial charge in [0.15, 0.2) is 0 Å². The highest BCUT2D eigenvalue weighted by Crippen LogP contribution is 2.14. The molecule has 0 saturated carbocycles. The Morgan fingerprint density at radius 3 is 2.70 bits per heavy atom. The molecule has 0 aliphatic heterocycles. The minimum absolute atomic E-state index is 0.0951. The Hall–Kier alpha value is -2.40. The first kappa shape index (κ1) is 14.0. The molecule has 1 heterocycles. The molecule has 104 valence electrons. The van der Waals surface area contributed by atoms with Crippen LogP contribution in [0.1, 0.15) is 27.0 Å². The van der Waals surface area contributed by atoms with E-state index < -0.39 is 0 Å². The molecule has 0 unspecified atom stereocenters. The van der Waals surface area contributed by atoms with Gasteiger partial charge in [-0.2, -0.15) is 0 Å². The molecule has 0 aliphatic rings. The Labute approximate surface area is 118 Å². The fraction of sp³-hybridized carbons (Fsp3) is 0.200. The van der Waals surface area contributed by atoms with Crippen LogP contribution in [0.2, 0.25) is 0 Å². The maximum absolute atomic E-state index is 12.2. The van der Waals surface area contributed by atoms with Crippen LogP contribution in [0.4, 0.5) is 5.69 Å². The summed E-state index contributed by atoms with van der Waals surface area (Å²) >= 11 is 0. The average molecular weight is 270 g/mol. The van der Waals surface area contributed by atoms with E-state index in [0.717, 1.165) is 22.4 Å². The molecule has 20 heavy (non-hydrogen) atoms. The number of nitrogen functional groups attached to an aromatic ring is 1. The van der Waals surface area contributed by atoms with Crippen molar-refractivity contribution in [2.75, 3.05) is 5.43 Å². The molecular weight excluding hydrogens is 252 g/mol. The van der Waals surface area contributed by atoms with Crippen molar-refractivity contribution in [2.45, 2.75) is 20.4 Å². The molecule has 1 aromatic heterocycles. The van der Waals surface area contributed by atoms with E-state index >= 15 is 0 Å². The lowest BCUT2D eigenvalue weighted by Crippen LogP contribution is -2.24. The number of hydrogen-bond acceptors (Lipinski definition) is 4. The predicted molar refractivity (Wildman–Crippen MR) is 79.1 cm³/mol. The van der Waals surface area contributed by atoms with Gasteiger partial charge in [0.05, 0.1) is 0 Å². The maximum Gasteiger partial charge on any atom is 0.251 e. The lowest BCUT2D eigenvalue weighted by atomic mass is 10.1. The largest absolute Gasteiger partial charge is 0.348 e. The van der Waals surface area contributed by atoms with Gasteiger partial charge in [-0.15, -0.1) is 0 Å². The molecule has 0 radical (unpaired) electrons. The third kappa shape index (κ3) is 3.13. The van der Waals surface area contributed by atoms with E-state index in [1.807, 2.05) is 26.0 Å². The molecule has 5 nitrogen and oxygen atoms in total. The minimum atomic E-state index is -0.0951. The molecule has 0 fully saturated rings. The monoisotopic (exact) mass is 270 g/mol. The molecule has 2 rings (SSSR count). The Morgan fingerprint density at radius 2 is 2.05 bits per heavy atom. The van der Waals surface area contributed by atoms with Crippen molar-refractivity contribution in [3.63, 3.8) is 0 Å². The van der Waals surface area contributed by atoms with Crippen molar-refractivity contribution in [2.24, 2.45) is 5.84 Å². The molecule has 2 aromatic rings. The molecular formula is C15H18N4O. The second-order valence-electron chi connectivity index (χ2n) is 4.66. The van der Waals surface area contributed by atoms with Crippen LogP contribution < -0.4 is 16.6 Å². The highest BCUT2D eigenvalue weighted by atomic mass is 16.1. The lowest BCUT2D eigenvalue weighted by molar-refractivity contribution is 0.0950. The number of nitrogens with one attached hydrogen (secondary N) is 2. The smallest absolute Gasteiger partial charge is 0.251 e. The molecule has 0 saturated heterocycles. The van der Waals surface area contributed by atoms with E-state index in [-0.39, 0.29) is 5.91 Å². The van der Waals surface area contributed by atoms with Crippen LogP contribution in [0.25, 0.3) is 0 Å². The molecule has 1 aromatic carbocycles. The number of pyridine rings is 1. The van der Waals surface area contributed by atoms with Crippen LogP contribution in [0, 0.1) is 13.8 Å². The Bertz CT molecular complexity index is 625. The van der Waals surface area contributed by atoms with E-state index in [9.17, 15) is 4.79 Å². The highest BCUT2D eigenvalue weighted by Gasteiger charge is 2.09. The van der Waals surface area contributed by atoms with Crippen LogP contribution in [0.3, 0.4) is 0 Å². The third-order valence-corrected chi connectivity index (χ3v) is 3.21. The van der Waals surface area contributed by atoms with E-state index in [4.69, 9.17) is 5.84 Å². The summed E-state index contributed by atoms with van der Waals surface area (Å²) in [4.78, 5) is 16.2. The number of hydrazine groups is 1. The van der Waals surface area contributed by atoms with Gasteiger partial charge in [-0.1, -0.05) is 0 Å². The molecule has 0 bridgehead atoms. The van der Waals surface area contributed by atoms with Crippen molar-refractivity contribution in [1.29, 1.82) is 0 Å². The van der Waals surface area contributed by atoms with Crippen LogP contribution in [-0.2, 0) is 6.54 Å². The zero-order chi connectivity index (χ0) is 14.5. The Balaban J connectivity index is 2.07. The quantitative estimate of drug-likeness (QED) is 0.585. The number of benzene rings is 1. The summed E-state index contributed by atoms with van der Waals surface area (Å²) in [5.74, 6) is 5.24. The normalized spacial score (nSPS) is 10.2. The highest BCUT2D eigenvalue weighted by molar-refractivity contribution is 5.96. The molecule has 5 heteroatoms. The first-order chi connectivity index (χ1) is 9.61. The second kappa shape index (κ2) is 6.16. The number of carbonyl (C=O) groups is 1. The lowest BCUT2D eigenvalue weighted by Gasteiger charge is -2.10. The van der Waals surface area contributed by atoms with Crippen molar-refractivity contribution in [3.8, 4) is 0 Å². The molecule has 4 N–H and O–H groups in total. The van der Waals surface area contributed by atoms with Crippen molar-refractivity contribution in [1.82, 2.24) is 10.3 Å². The molecule has 0 atom stereocenters. The number of anilines is 1. The summed E-state index contributed by atoms with van der Waals surface area (Å²) < 4.78 is 0. The number of aryl methyl sites for hydroxylation is 2. The van der Waals surface area contributed by atoms with E-state index in [0.29, 0.717) is 12.1 Å². The third-order valence-electron chi connectivity index (χ3n) is 3.21. The predicted octanol–water partition coefficient (Wildman–Crippen LogP) is 1.91. The zero-order valence-electron chi connectivity index (χ0n) is 11.6. The summed E-state index contributed by atoms with van der Waals surface area (Å²) in [5, 5.41) is 2.92. The fourth-order valence-electron chi connectivity index (χ4n) is 1.98. The summed E-state index contributed by atoms with van der Waals surface area (Å²) in [6.45, 7) is 4.35. The number of nitrogens with zero attached hydrogens (tertiary/aromatic N) is 1. The van der Waals surface area contributed by atoms with Gasteiger partial charge < -0.3 is 10.7 Å². The summed E-state index contributed by atoms with van der Waals surface area (Å²) in [6.07, 6.45) is 3.51. The maximum atomic E-state index is 12.2. The molecule has 0 aliphatic carbocycles. The summed E-state index contributed by atoms with van der Waals surface area (Å²) in [6, 6.07) is 7.29. The molecule has 1 amide bonds. The van der Waals surface area contributed by atoms with E-state index in [2.05, 4.69) is 15.7 Å². The van der Waals surface area contributed by atoms with Gasteiger partial charge in [-0.3, -0.25) is 15.6 Å². The fourth-order valence-corrected chi connectivity index (χ4v) is 1.98. The summed E-state index contributed by atoms with van der Waals surface area (Å²) in [7, 11) is 0. The van der Waals surface area contributed by atoms with Crippen molar-refractivity contribution < 1.29 is 4.79 Å². The topological polar surface area (TPSA) is 80.0 Å². The minimum Gasteiger partial charge on any atom is -0.348 e. The van der Waals surface area contributed by atoms with Crippen molar-refractivity contribution >= 4 is 11.6 Å². The first-order valence-electron chi connectivity index (χ1n) is 6.37. The van der Waals surface area contributed by atoms with Gasteiger partial charge in [0.2, 0.25) is 0 Å². The van der Waals surface area contributed by atoms with Crippen molar-refractivity contribution in [3.05, 3.63) is 58.9 Å². The number of amides is 1. The average Bonchev–Trinajstić information content (AvgIpc) is 2.46.